The van der Waals surface area contributed by atoms with E-state index in [9.17, 15) is 0 Å². The lowest BCUT2D eigenvalue weighted by Crippen LogP contribution is -1.96. The smallest absolute Gasteiger partial charge is 0.144 e. The van der Waals surface area contributed by atoms with E-state index in [0.717, 1.165) is 28.3 Å². The summed E-state index contributed by atoms with van der Waals surface area (Å²) in [4.78, 5) is 4.84. The summed E-state index contributed by atoms with van der Waals surface area (Å²) < 4.78 is 5.44. The largest absolute Gasteiger partial charge is 0.494 e. The Labute approximate surface area is 131 Å². The number of methoxy groups -OCH3 is 1. The molecule has 0 fully saturated rings. The van der Waals surface area contributed by atoms with Gasteiger partial charge in [0.05, 0.1) is 7.11 Å². The van der Waals surface area contributed by atoms with Crippen molar-refractivity contribution in [3.8, 4) is 5.75 Å². The molecule has 0 aliphatic heterocycles. The van der Waals surface area contributed by atoms with Crippen molar-refractivity contribution in [1.29, 1.82) is 0 Å². The summed E-state index contributed by atoms with van der Waals surface area (Å²) in [6, 6.07) is 20.7. The zero-order chi connectivity index (χ0) is 15.5. The van der Waals surface area contributed by atoms with E-state index in [4.69, 9.17) is 9.73 Å². The minimum atomic E-state index is 0.805. The Balaban J connectivity index is 2.16. The van der Waals surface area contributed by atoms with E-state index in [-0.39, 0.29) is 0 Å². The summed E-state index contributed by atoms with van der Waals surface area (Å²) in [5.41, 5.74) is 4.15. The van der Waals surface area contributed by atoms with Crippen LogP contribution in [-0.2, 0) is 0 Å². The molecule has 0 aliphatic carbocycles. The van der Waals surface area contributed by atoms with E-state index in [2.05, 4.69) is 55.5 Å². The van der Waals surface area contributed by atoms with Crippen molar-refractivity contribution in [2.24, 2.45) is 4.99 Å². The average Bonchev–Trinajstić information content (AvgIpc) is 2.56. The second-order valence-corrected chi connectivity index (χ2v) is 5.35. The zero-order valence-electron chi connectivity index (χ0n) is 13.1. The zero-order valence-corrected chi connectivity index (χ0v) is 13.1. The molecule has 0 N–H and O–H groups in total. The van der Waals surface area contributed by atoms with Crippen LogP contribution in [0.25, 0.3) is 10.8 Å². The SMILES string of the molecule is COc1cccc(C)c1N=C(C)c1cccc2ccccc12. The Morgan fingerprint density at radius 1 is 0.909 bits per heavy atom. The van der Waals surface area contributed by atoms with Crippen molar-refractivity contribution in [3.63, 3.8) is 0 Å². The molecule has 0 aromatic heterocycles. The predicted octanol–water partition coefficient (Wildman–Crippen LogP) is 5.30. The molecule has 3 rings (SSSR count). The first-order valence-corrected chi connectivity index (χ1v) is 7.37. The first kappa shape index (κ1) is 14.3. The van der Waals surface area contributed by atoms with Crippen LogP contribution < -0.4 is 4.74 Å². The second-order valence-electron chi connectivity index (χ2n) is 5.35. The second kappa shape index (κ2) is 6.02. The maximum atomic E-state index is 5.44. The number of nitrogens with zero attached hydrogens (tertiary/aromatic N) is 1. The average molecular weight is 289 g/mol. The monoisotopic (exact) mass is 289 g/mol. The topological polar surface area (TPSA) is 21.6 Å². The van der Waals surface area contributed by atoms with E-state index in [1.54, 1.807) is 7.11 Å². The van der Waals surface area contributed by atoms with Crippen molar-refractivity contribution in [2.45, 2.75) is 13.8 Å². The van der Waals surface area contributed by atoms with Crippen LogP contribution in [0, 0.1) is 6.92 Å². The fourth-order valence-electron chi connectivity index (χ4n) is 2.71. The lowest BCUT2D eigenvalue weighted by molar-refractivity contribution is 0.416. The first-order chi connectivity index (χ1) is 10.7. The number of para-hydroxylation sites is 1. The molecule has 0 saturated heterocycles. The third-order valence-corrected chi connectivity index (χ3v) is 3.88. The van der Waals surface area contributed by atoms with Crippen molar-refractivity contribution < 1.29 is 4.74 Å². The van der Waals surface area contributed by atoms with E-state index in [0.29, 0.717) is 0 Å². The summed E-state index contributed by atoms with van der Waals surface area (Å²) in [6.07, 6.45) is 0. The molecule has 2 nitrogen and oxygen atoms in total. The molecule has 2 heteroatoms. The lowest BCUT2D eigenvalue weighted by Gasteiger charge is -2.10. The van der Waals surface area contributed by atoms with Crippen LogP contribution in [0.15, 0.2) is 65.7 Å². The third-order valence-electron chi connectivity index (χ3n) is 3.88. The van der Waals surface area contributed by atoms with Gasteiger partial charge in [0.1, 0.15) is 11.4 Å². The maximum Gasteiger partial charge on any atom is 0.144 e. The highest BCUT2D eigenvalue weighted by Crippen LogP contribution is 2.32. The van der Waals surface area contributed by atoms with Gasteiger partial charge in [-0.1, -0.05) is 54.6 Å². The molecule has 0 saturated carbocycles. The first-order valence-electron chi connectivity index (χ1n) is 7.37. The maximum absolute atomic E-state index is 5.44. The van der Waals surface area contributed by atoms with Gasteiger partial charge in [0.15, 0.2) is 0 Å². The number of hydrogen-bond donors (Lipinski definition) is 0. The highest BCUT2D eigenvalue weighted by atomic mass is 16.5. The highest BCUT2D eigenvalue weighted by molar-refractivity contribution is 6.10. The van der Waals surface area contributed by atoms with Gasteiger partial charge in [-0.15, -0.1) is 0 Å². The molecule has 110 valence electrons. The lowest BCUT2D eigenvalue weighted by atomic mass is 10.0. The van der Waals surface area contributed by atoms with Crippen molar-refractivity contribution in [1.82, 2.24) is 0 Å². The molecule has 0 spiro atoms. The van der Waals surface area contributed by atoms with Crippen LogP contribution in [0.1, 0.15) is 18.1 Å². The van der Waals surface area contributed by atoms with Gasteiger partial charge >= 0.3 is 0 Å². The quantitative estimate of drug-likeness (QED) is 0.600. The summed E-state index contributed by atoms with van der Waals surface area (Å²) in [6.45, 7) is 4.10. The van der Waals surface area contributed by atoms with E-state index < -0.39 is 0 Å². The Morgan fingerprint density at radius 2 is 1.64 bits per heavy atom. The molecule has 3 aromatic rings. The number of hydrogen-bond acceptors (Lipinski definition) is 2. The molecule has 0 aliphatic rings. The van der Waals surface area contributed by atoms with Gasteiger partial charge in [-0.25, -0.2) is 4.99 Å². The van der Waals surface area contributed by atoms with E-state index >= 15 is 0 Å². The highest BCUT2D eigenvalue weighted by Gasteiger charge is 2.08. The molecule has 0 bridgehead atoms. The third kappa shape index (κ3) is 2.60. The molecule has 0 unspecified atom stereocenters. The minimum absolute atomic E-state index is 0.805. The number of aliphatic imine (C=N–C) groups is 1. The number of benzene rings is 3. The minimum Gasteiger partial charge on any atom is -0.494 e. The van der Waals surface area contributed by atoms with Crippen LogP contribution in [0.2, 0.25) is 0 Å². The predicted molar refractivity (Wildman–Crippen MR) is 93.6 cm³/mol. The Morgan fingerprint density at radius 3 is 2.45 bits per heavy atom. The molecular weight excluding hydrogens is 270 g/mol. The Kier molecular flexibility index (Phi) is 3.92. The standard InChI is InChI=1S/C20H19NO/c1-14-8-6-13-19(22-3)20(14)21-15(2)17-12-7-10-16-9-4-5-11-18(16)17/h4-13H,1-3H3. The number of aryl methyl sites for hydroxylation is 1. The van der Waals surface area contributed by atoms with Gasteiger partial charge in [-0.3, -0.25) is 0 Å². The fourth-order valence-corrected chi connectivity index (χ4v) is 2.71. The summed E-state index contributed by atoms with van der Waals surface area (Å²) in [5.74, 6) is 0.805. The number of rotatable bonds is 3. The molecule has 3 aromatic carbocycles. The molecule has 0 heterocycles. The van der Waals surface area contributed by atoms with E-state index in [1.807, 2.05) is 19.1 Å². The molecule has 22 heavy (non-hydrogen) atoms. The molecule has 0 radical (unpaired) electrons. The van der Waals surface area contributed by atoms with Crippen LogP contribution in [0.4, 0.5) is 5.69 Å². The van der Waals surface area contributed by atoms with E-state index in [1.165, 1.54) is 10.8 Å². The molecule has 0 atom stereocenters. The van der Waals surface area contributed by atoms with Crippen LogP contribution in [0.5, 0.6) is 5.75 Å². The molecule has 0 amide bonds. The van der Waals surface area contributed by atoms with Gasteiger partial charge in [0.25, 0.3) is 0 Å². The van der Waals surface area contributed by atoms with Crippen molar-refractivity contribution in [2.75, 3.05) is 7.11 Å². The van der Waals surface area contributed by atoms with Gasteiger partial charge in [0.2, 0.25) is 0 Å². The fraction of sp³-hybridized carbons (Fsp3) is 0.150. The van der Waals surface area contributed by atoms with Gasteiger partial charge < -0.3 is 4.74 Å². The van der Waals surface area contributed by atoms with Crippen molar-refractivity contribution in [3.05, 3.63) is 71.8 Å². The van der Waals surface area contributed by atoms with Gasteiger partial charge in [-0.2, -0.15) is 0 Å². The Bertz CT molecular complexity index is 844. The van der Waals surface area contributed by atoms with Crippen LogP contribution in [0.3, 0.4) is 0 Å². The number of ether oxygens (including phenoxy) is 1. The van der Waals surface area contributed by atoms with Crippen molar-refractivity contribution >= 4 is 22.2 Å². The normalized spacial score (nSPS) is 11.7. The van der Waals surface area contributed by atoms with Gasteiger partial charge in [0, 0.05) is 11.3 Å². The number of fused-ring (bicyclic) bond motifs is 1. The van der Waals surface area contributed by atoms with Gasteiger partial charge in [-0.05, 0) is 36.2 Å². The Hall–Kier alpha value is -2.61. The molecular formula is C20H19NO. The summed E-state index contributed by atoms with van der Waals surface area (Å²) >= 11 is 0. The van der Waals surface area contributed by atoms with Crippen LogP contribution >= 0.6 is 0 Å². The van der Waals surface area contributed by atoms with Crippen LogP contribution in [-0.4, -0.2) is 12.8 Å². The summed E-state index contributed by atoms with van der Waals surface area (Å²) in [5, 5.41) is 2.45. The summed E-state index contributed by atoms with van der Waals surface area (Å²) in [7, 11) is 1.68.